The molecule has 16 heavy (non-hydrogen) atoms. The first-order valence-corrected chi connectivity index (χ1v) is 5.59. The number of rotatable bonds is 3. The van der Waals surface area contributed by atoms with E-state index in [0.717, 1.165) is 9.88 Å². The van der Waals surface area contributed by atoms with Gasteiger partial charge in [0.25, 0.3) is 0 Å². The Hall–Kier alpha value is -1.59. The number of nitrogens with two attached hydrogens (primary N) is 1. The van der Waals surface area contributed by atoms with Crippen molar-refractivity contribution >= 4 is 11.3 Å². The Bertz CT molecular complexity index is 496. The van der Waals surface area contributed by atoms with E-state index in [4.69, 9.17) is 10.5 Å². The number of phenols is 1. The van der Waals surface area contributed by atoms with Crippen LogP contribution in [0.25, 0.3) is 10.6 Å². The van der Waals surface area contributed by atoms with Gasteiger partial charge < -0.3 is 15.6 Å². The van der Waals surface area contributed by atoms with Gasteiger partial charge in [-0.3, -0.25) is 0 Å². The molecule has 0 unspecified atom stereocenters. The summed E-state index contributed by atoms with van der Waals surface area (Å²) in [5.41, 5.74) is 6.19. The van der Waals surface area contributed by atoms with Gasteiger partial charge in [-0.25, -0.2) is 4.98 Å². The second kappa shape index (κ2) is 4.51. The van der Waals surface area contributed by atoms with Crippen molar-refractivity contribution in [1.82, 2.24) is 4.98 Å². The maximum atomic E-state index is 9.93. The molecule has 2 rings (SSSR count). The molecule has 1 heterocycles. The van der Waals surface area contributed by atoms with Gasteiger partial charge in [-0.05, 0) is 12.1 Å². The second-order valence-corrected chi connectivity index (χ2v) is 4.31. The zero-order valence-electron chi connectivity index (χ0n) is 8.80. The maximum absolute atomic E-state index is 9.93. The van der Waals surface area contributed by atoms with Crippen LogP contribution in [0.4, 0.5) is 0 Å². The number of aromatic hydroxyl groups is 1. The molecule has 84 valence electrons. The average Bonchev–Trinajstić information content (AvgIpc) is 2.78. The number of hydrogen-bond donors (Lipinski definition) is 2. The normalized spacial score (nSPS) is 10.4. The molecule has 0 atom stereocenters. The molecule has 4 nitrogen and oxygen atoms in total. The van der Waals surface area contributed by atoms with Crippen LogP contribution in [0.5, 0.6) is 11.5 Å². The third-order valence-corrected chi connectivity index (χ3v) is 3.26. The minimum Gasteiger partial charge on any atom is -0.504 e. The summed E-state index contributed by atoms with van der Waals surface area (Å²) in [5.74, 6) is 0.560. The maximum Gasteiger partial charge on any atom is 0.168 e. The highest BCUT2D eigenvalue weighted by Crippen LogP contribution is 2.38. The Morgan fingerprint density at radius 3 is 2.94 bits per heavy atom. The Labute approximate surface area is 97.3 Å². The first-order valence-electron chi connectivity index (χ1n) is 4.77. The molecule has 1 aromatic heterocycles. The fraction of sp³-hybridized carbons (Fsp3) is 0.182. The van der Waals surface area contributed by atoms with Crippen LogP contribution in [0.1, 0.15) is 4.88 Å². The molecule has 0 saturated carbocycles. The second-order valence-electron chi connectivity index (χ2n) is 3.19. The lowest BCUT2D eigenvalue weighted by molar-refractivity contribution is 0.374. The molecule has 5 heteroatoms. The molecule has 0 aliphatic carbocycles. The summed E-state index contributed by atoms with van der Waals surface area (Å²) in [7, 11) is 1.52. The Balaban J connectivity index is 2.47. The van der Waals surface area contributed by atoms with Crippen molar-refractivity contribution in [1.29, 1.82) is 0 Å². The van der Waals surface area contributed by atoms with Gasteiger partial charge in [0.1, 0.15) is 5.01 Å². The minimum atomic E-state index is 0.114. The number of ether oxygens (including phenoxy) is 1. The van der Waals surface area contributed by atoms with E-state index in [-0.39, 0.29) is 5.75 Å². The monoisotopic (exact) mass is 236 g/mol. The largest absolute Gasteiger partial charge is 0.504 e. The number of thiazole rings is 1. The van der Waals surface area contributed by atoms with Crippen molar-refractivity contribution in [2.24, 2.45) is 5.73 Å². The highest BCUT2D eigenvalue weighted by molar-refractivity contribution is 7.15. The summed E-state index contributed by atoms with van der Waals surface area (Å²) in [6.45, 7) is 0.461. The first-order chi connectivity index (χ1) is 7.76. The van der Waals surface area contributed by atoms with E-state index in [9.17, 15) is 5.11 Å². The molecule has 0 aliphatic heterocycles. The van der Waals surface area contributed by atoms with E-state index in [1.165, 1.54) is 18.4 Å². The minimum absolute atomic E-state index is 0.114. The lowest BCUT2D eigenvalue weighted by Crippen LogP contribution is -1.91. The molecule has 0 spiro atoms. The van der Waals surface area contributed by atoms with E-state index < -0.39 is 0 Å². The van der Waals surface area contributed by atoms with E-state index in [0.29, 0.717) is 17.9 Å². The Morgan fingerprint density at radius 2 is 2.31 bits per heavy atom. The fourth-order valence-corrected chi connectivity index (χ4v) is 2.20. The van der Waals surface area contributed by atoms with Crippen molar-refractivity contribution in [3.8, 4) is 22.1 Å². The average molecular weight is 236 g/mol. The predicted molar refractivity (Wildman–Crippen MR) is 63.7 cm³/mol. The van der Waals surface area contributed by atoms with Crippen LogP contribution < -0.4 is 10.5 Å². The Kier molecular flexibility index (Phi) is 3.07. The van der Waals surface area contributed by atoms with Gasteiger partial charge in [-0.1, -0.05) is 6.07 Å². The predicted octanol–water partition coefficient (Wildman–Crippen LogP) is 1.98. The van der Waals surface area contributed by atoms with Crippen molar-refractivity contribution in [2.45, 2.75) is 6.54 Å². The molecule has 0 amide bonds. The van der Waals surface area contributed by atoms with Crippen LogP contribution in [-0.2, 0) is 6.54 Å². The lowest BCUT2D eigenvalue weighted by atomic mass is 10.2. The quantitative estimate of drug-likeness (QED) is 0.855. The summed E-state index contributed by atoms with van der Waals surface area (Å²) in [4.78, 5) is 5.20. The van der Waals surface area contributed by atoms with Crippen molar-refractivity contribution < 1.29 is 9.84 Å². The zero-order valence-corrected chi connectivity index (χ0v) is 9.62. The number of phenolic OH excluding ortho intramolecular Hbond substituents is 1. The molecule has 0 bridgehead atoms. The smallest absolute Gasteiger partial charge is 0.168 e. The molecule has 3 N–H and O–H groups in total. The molecule has 2 aromatic rings. The SMILES string of the molecule is COc1cccc(-c2ncc(CN)s2)c1O. The molecular weight excluding hydrogens is 224 g/mol. The highest BCUT2D eigenvalue weighted by atomic mass is 32.1. The van der Waals surface area contributed by atoms with Crippen LogP contribution in [0.2, 0.25) is 0 Å². The zero-order chi connectivity index (χ0) is 11.5. The molecule has 1 aromatic carbocycles. The number of methoxy groups -OCH3 is 1. The first kappa shape index (κ1) is 10.9. The van der Waals surface area contributed by atoms with E-state index >= 15 is 0 Å². The van der Waals surface area contributed by atoms with Gasteiger partial charge in [-0.2, -0.15) is 0 Å². The lowest BCUT2D eigenvalue weighted by Gasteiger charge is -2.05. The van der Waals surface area contributed by atoms with Gasteiger partial charge in [0.15, 0.2) is 11.5 Å². The number of nitrogens with zero attached hydrogens (tertiary/aromatic N) is 1. The van der Waals surface area contributed by atoms with Crippen molar-refractivity contribution in [3.63, 3.8) is 0 Å². The Morgan fingerprint density at radius 1 is 1.50 bits per heavy atom. The summed E-state index contributed by atoms with van der Waals surface area (Å²) < 4.78 is 5.04. The summed E-state index contributed by atoms with van der Waals surface area (Å²) >= 11 is 1.47. The molecule has 0 saturated heterocycles. The molecule has 0 aliphatic rings. The molecule has 0 radical (unpaired) electrons. The van der Waals surface area contributed by atoms with Crippen LogP contribution >= 0.6 is 11.3 Å². The van der Waals surface area contributed by atoms with Gasteiger partial charge in [0.05, 0.1) is 12.7 Å². The van der Waals surface area contributed by atoms with Gasteiger partial charge >= 0.3 is 0 Å². The van der Waals surface area contributed by atoms with Crippen LogP contribution in [0.3, 0.4) is 0 Å². The molecular formula is C11H12N2O2S. The summed E-state index contributed by atoms with van der Waals surface area (Å²) in [5, 5.41) is 10.7. The summed E-state index contributed by atoms with van der Waals surface area (Å²) in [6.07, 6.45) is 1.72. The summed E-state index contributed by atoms with van der Waals surface area (Å²) in [6, 6.07) is 5.32. The number of benzene rings is 1. The van der Waals surface area contributed by atoms with Crippen molar-refractivity contribution in [3.05, 3.63) is 29.3 Å². The third-order valence-electron chi connectivity index (χ3n) is 2.20. The van der Waals surface area contributed by atoms with Gasteiger partial charge in [0, 0.05) is 17.6 Å². The van der Waals surface area contributed by atoms with E-state index in [1.807, 2.05) is 6.07 Å². The van der Waals surface area contributed by atoms with Gasteiger partial charge in [-0.15, -0.1) is 11.3 Å². The van der Waals surface area contributed by atoms with Crippen LogP contribution in [0.15, 0.2) is 24.4 Å². The standard InChI is InChI=1S/C11H12N2O2S/c1-15-9-4-2-3-8(10(9)14)11-13-6-7(5-12)16-11/h2-4,6,14H,5,12H2,1H3. The van der Waals surface area contributed by atoms with Crippen LogP contribution in [0, 0.1) is 0 Å². The van der Waals surface area contributed by atoms with Crippen LogP contribution in [-0.4, -0.2) is 17.2 Å². The third kappa shape index (κ3) is 1.87. The van der Waals surface area contributed by atoms with Crippen molar-refractivity contribution in [2.75, 3.05) is 7.11 Å². The number of para-hydroxylation sites is 1. The molecule has 0 fully saturated rings. The topological polar surface area (TPSA) is 68.4 Å². The van der Waals surface area contributed by atoms with E-state index in [2.05, 4.69) is 4.98 Å². The highest BCUT2D eigenvalue weighted by Gasteiger charge is 2.12. The number of aromatic nitrogens is 1. The van der Waals surface area contributed by atoms with Gasteiger partial charge in [0.2, 0.25) is 0 Å². The number of hydrogen-bond acceptors (Lipinski definition) is 5. The van der Waals surface area contributed by atoms with E-state index in [1.54, 1.807) is 18.3 Å². The fourth-order valence-electron chi connectivity index (χ4n) is 1.39.